The molecule has 0 saturated carbocycles. The number of ether oxygens (including phenoxy) is 1. The van der Waals surface area contributed by atoms with Gasteiger partial charge in [0.2, 0.25) is 5.95 Å². The topological polar surface area (TPSA) is 185 Å². The van der Waals surface area contributed by atoms with Gasteiger partial charge in [0, 0.05) is 12.4 Å². The van der Waals surface area contributed by atoms with Gasteiger partial charge in [0.05, 0.1) is 12.9 Å². The smallest absolute Gasteiger partial charge is 0.280 e. The highest BCUT2D eigenvalue weighted by Gasteiger charge is 2.44. The Bertz CT molecular complexity index is 888. The van der Waals surface area contributed by atoms with Gasteiger partial charge < -0.3 is 25.8 Å². The molecule has 12 heteroatoms. The summed E-state index contributed by atoms with van der Waals surface area (Å²) in [5, 5.41) is 28.7. The zero-order valence-corrected chi connectivity index (χ0v) is 13.4. The summed E-state index contributed by atoms with van der Waals surface area (Å²) in [6, 6.07) is 1.78. The highest BCUT2D eigenvalue weighted by molar-refractivity contribution is 5.70. The molecule has 0 radical (unpaired) electrons. The molecule has 1 fully saturated rings. The minimum Gasteiger partial charge on any atom is -0.394 e. The van der Waals surface area contributed by atoms with E-state index >= 15 is 0 Å². The van der Waals surface area contributed by atoms with Gasteiger partial charge in [0.15, 0.2) is 17.4 Å². The van der Waals surface area contributed by atoms with E-state index < -0.39 is 36.7 Å². The summed E-state index contributed by atoms with van der Waals surface area (Å²) in [6.07, 6.45) is 1.66. The Labute approximate surface area is 146 Å². The van der Waals surface area contributed by atoms with Crippen LogP contribution in [0.1, 0.15) is 6.23 Å². The summed E-state index contributed by atoms with van der Waals surface area (Å²) in [5.74, 6) is -0.101. The van der Waals surface area contributed by atoms with Crippen LogP contribution in [0.4, 0.5) is 5.95 Å². The second-order valence-electron chi connectivity index (χ2n) is 5.41. The van der Waals surface area contributed by atoms with Crippen molar-refractivity contribution < 1.29 is 20.1 Å². The molecule has 138 valence electrons. The van der Waals surface area contributed by atoms with Gasteiger partial charge >= 0.3 is 0 Å². The number of nitrogens with zero attached hydrogens (tertiary/aromatic N) is 5. The summed E-state index contributed by atoms with van der Waals surface area (Å²) >= 11 is 0. The molecule has 26 heavy (non-hydrogen) atoms. The number of aliphatic hydroxyl groups is 3. The molecule has 0 unspecified atom stereocenters. The largest absolute Gasteiger partial charge is 0.394 e. The molecular formula is C14H17N7O5. The van der Waals surface area contributed by atoms with E-state index in [1.54, 1.807) is 18.5 Å². The molecule has 4 heterocycles. The van der Waals surface area contributed by atoms with Gasteiger partial charge in [-0.05, 0) is 6.07 Å². The number of fused-ring (bicyclic) bond motifs is 1. The summed E-state index contributed by atoms with van der Waals surface area (Å²) in [6.45, 7) is -0.447. The molecular weight excluding hydrogens is 346 g/mol. The maximum Gasteiger partial charge on any atom is 0.280 e. The van der Waals surface area contributed by atoms with Crippen molar-refractivity contribution in [2.75, 3.05) is 12.3 Å². The number of anilines is 1. The summed E-state index contributed by atoms with van der Waals surface area (Å²) < 4.78 is 6.64. The molecule has 0 spiro atoms. The Kier molecular flexibility index (Phi) is 5.18. The molecule has 0 aliphatic carbocycles. The molecule has 0 amide bonds. The Balaban J connectivity index is 0.000000278. The number of imidazole rings is 1. The third-order valence-corrected chi connectivity index (χ3v) is 3.72. The van der Waals surface area contributed by atoms with E-state index in [9.17, 15) is 15.0 Å². The van der Waals surface area contributed by atoms with E-state index in [4.69, 9.17) is 15.6 Å². The molecule has 4 atom stereocenters. The molecule has 12 nitrogen and oxygen atoms in total. The van der Waals surface area contributed by atoms with Crippen LogP contribution in [0.2, 0.25) is 0 Å². The lowest BCUT2D eigenvalue weighted by Gasteiger charge is -2.16. The molecule has 0 aromatic carbocycles. The van der Waals surface area contributed by atoms with E-state index in [1.165, 1.54) is 17.2 Å². The third-order valence-electron chi connectivity index (χ3n) is 3.72. The molecule has 1 aliphatic heterocycles. The van der Waals surface area contributed by atoms with E-state index in [2.05, 4.69) is 24.9 Å². The van der Waals surface area contributed by atoms with Crippen LogP contribution in [-0.2, 0) is 4.74 Å². The van der Waals surface area contributed by atoms with E-state index in [0.717, 1.165) is 0 Å². The van der Waals surface area contributed by atoms with Crippen molar-refractivity contribution in [2.24, 2.45) is 0 Å². The lowest BCUT2D eigenvalue weighted by Crippen LogP contribution is -2.33. The first-order chi connectivity index (χ1) is 12.5. The van der Waals surface area contributed by atoms with Crippen molar-refractivity contribution in [1.29, 1.82) is 0 Å². The minimum atomic E-state index is -1.29. The van der Waals surface area contributed by atoms with Crippen molar-refractivity contribution >= 4 is 17.1 Å². The Morgan fingerprint density at radius 1 is 1.27 bits per heavy atom. The second kappa shape index (κ2) is 7.53. The normalized spacial score (nSPS) is 25.0. The van der Waals surface area contributed by atoms with E-state index in [1.807, 2.05) is 0 Å². The quantitative estimate of drug-likeness (QED) is 0.334. The Hall–Kier alpha value is -2.93. The first-order valence-corrected chi connectivity index (χ1v) is 7.57. The number of nitrogens with two attached hydrogens (primary N) is 1. The number of aromatic amines is 1. The monoisotopic (exact) mass is 363 g/mol. The van der Waals surface area contributed by atoms with Gasteiger partial charge in [0.1, 0.15) is 24.6 Å². The van der Waals surface area contributed by atoms with Gasteiger partial charge in [-0.15, -0.1) is 0 Å². The number of aliphatic hydroxyl groups excluding tert-OH is 3. The molecule has 3 aromatic rings. The first-order valence-electron chi connectivity index (χ1n) is 7.57. The predicted octanol–water partition coefficient (Wildman–Crippen LogP) is -2.21. The van der Waals surface area contributed by atoms with Crippen molar-refractivity contribution in [3.8, 4) is 0 Å². The molecule has 1 saturated heterocycles. The van der Waals surface area contributed by atoms with Gasteiger partial charge in [-0.2, -0.15) is 4.98 Å². The fourth-order valence-electron chi connectivity index (χ4n) is 2.49. The number of hydrogen-bond acceptors (Lipinski definition) is 10. The average Bonchev–Trinajstić information content (AvgIpc) is 3.19. The molecule has 3 aromatic heterocycles. The van der Waals surface area contributed by atoms with E-state index in [-0.39, 0.29) is 17.1 Å². The summed E-state index contributed by atoms with van der Waals surface area (Å²) in [5.41, 5.74) is 5.12. The minimum absolute atomic E-state index is 0.0388. The highest BCUT2D eigenvalue weighted by atomic mass is 16.6. The highest BCUT2D eigenvalue weighted by Crippen LogP contribution is 2.30. The second-order valence-corrected chi connectivity index (χ2v) is 5.41. The molecule has 1 aliphatic rings. The van der Waals surface area contributed by atoms with Crippen LogP contribution in [0.3, 0.4) is 0 Å². The van der Waals surface area contributed by atoms with Gasteiger partial charge in [0.25, 0.3) is 5.56 Å². The Morgan fingerprint density at radius 3 is 2.54 bits per heavy atom. The lowest BCUT2D eigenvalue weighted by molar-refractivity contribution is -0.0511. The van der Waals surface area contributed by atoms with Crippen molar-refractivity contribution in [2.45, 2.75) is 24.5 Å². The fourth-order valence-corrected chi connectivity index (χ4v) is 2.49. The maximum absolute atomic E-state index is 11.7. The van der Waals surface area contributed by atoms with Crippen LogP contribution in [0.25, 0.3) is 11.2 Å². The number of nitrogen functional groups attached to an aromatic ring is 1. The van der Waals surface area contributed by atoms with Crippen LogP contribution >= 0.6 is 0 Å². The van der Waals surface area contributed by atoms with Gasteiger partial charge in [-0.3, -0.25) is 14.3 Å². The first kappa shape index (κ1) is 17.9. The number of aromatic nitrogens is 6. The van der Waals surface area contributed by atoms with Crippen LogP contribution in [-0.4, -0.2) is 69.7 Å². The average molecular weight is 363 g/mol. The number of hydrogen-bond donors (Lipinski definition) is 5. The fraction of sp³-hybridized carbons (Fsp3) is 0.357. The summed E-state index contributed by atoms with van der Waals surface area (Å²) in [4.78, 5) is 29.1. The van der Waals surface area contributed by atoms with E-state index in [0.29, 0.717) is 0 Å². The maximum atomic E-state index is 11.7. The van der Waals surface area contributed by atoms with Crippen LogP contribution in [0.5, 0.6) is 0 Å². The number of H-pyrrole nitrogens is 1. The van der Waals surface area contributed by atoms with Crippen LogP contribution < -0.4 is 11.3 Å². The number of nitrogens with one attached hydrogen (secondary N) is 1. The van der Waals surface area contributed by atoms with Crippen molar-refractivity contribution in [3.05, 3.63) is 41.5 Å². The Morgan fingerprint density at radius 2 is 2.00 bits per heavy atom. The lowest BCUT2D eigenvalue weighted by atomic mass is 10.1. The number of rotatable bonds is 2. The molecule has 6 N–H and O–H groups in total. The SMILES string of the molecule is Nc1nc2c(ncn2[C@@H]2O[C@H](CO)[C@@H](O)[C@H]2O)c(=O)[nH]1.c1cncnc1. The molecule has 4 rings (SSSR count). The van der Waals surface area contributed by atoms with Crippen LogP contribution in [0, 0.1) is 0 Å². The van der Waals surface area contributed by atoms with Crippen molar-refractivity contribution in [1.82, 2.24) is 29.5 Å². The van der Waals surface area contributed by atoms with Crippen molar-refractivity contribution in [3.63, 3.8) is 0 Å². The van der Waals surface area contributed by atoms with Gasteiger partial charge in [-0.25, -0.2) is 15.0 Å². The zero-order valence-electron chi connectivity index (χ0n) is 13.4. The predicted molar refractivity (Wildman–Crippen MR) is 87.6 cm³/mol. The standard InChI is InChI=1S/C10H13N5O5.C4H4N2/c11-10-13-7-4(8(19)14-10)12-2-15(7)9-6(18)5(17)3(1-16)20-9;1-2-5-4-6-3-1/h2-3,5-6,9,16-18H,1H2,(H3,11,13,14,19);1-4H/t3-,5-,6-,9-;/m1./s1. The van der Waals surface area contributed by atoms with Gasteiger partial charge in [-0.1, -0.05) is 0 Å². The summed E-state index contributed by atoms with van der Waals surface area (Å²) in [7, 11) is 0. The molecule has 0 bridgehead atoms. The third kappa shape index (κ3) is 3.39. The zero-order chi connectivity index (χ0) is 18.7. The van der Waals surface area contributed by atoms with Crippen LogP contribution in [0.15, 0.2) is 35.9 Å².